The van der Waals surface area contributed by atoms with E-state index in [9.17, 15) is 9.59 Å². The highest BCUT2D eigenvalue weighted by molar-refractivity contribution is 6.07. The third-order valence-corrected chi connectivity index (χ3v) is 4.92. The molecular weight excluding hydrogens is 354 g/mol. The number of imidazole rings is 1. The second-order valence-electron chi connectivity index (χ2n) is 6.83. The van der Waals surface area contributed by atoms with Gasteiger partial charge in [-0.1, -0.05) is 24.3 Å². The third-order valence-electron chi connectivity index (χ3n) is 4.92. The van der Waals surface area contributed by atoms with Gasteiger partial charge in [0.15, 0.2) is 5.82 Å². The Balaban J connectivity index is 1.40. The van der Waals surface area contributed by atoms with Crippen molar-refractivity contribution in [1.82, 2.24) is 9.55 Å². The van der Waals surface area contributed by atoms with Crippen molar-refractivity contribution >= 4 is 17.4 Å². The normalized spacial score (nSPS) is 15.7. The number of nitrogens with one attached hydrogen (secondary N) is 1. The Morgan fingerprint density at radius 1 is 1.18 bits per heavy atom. The Hall–Kier alpha value is -3.25. The van der Waals surface area contributed by atoms with Crippen molar-refractivity contribution in [1.29, 1.82) is 0 Å². The van der Waals surface area contributed by atoms with Crippen LogP contribution in [-0.2, 0) is 23.0 Å². The molecule has 2 aromatic carbocycles. The van der Waals surface area contributed by atoms with Crippen molar-refractivity contribution in [3.8, 4) is 0 Å². The Morgan fingerprint density at radius 3 is 2.71 bits per heavy atom. The molecule has 0 aliphatic carbocycles. The first kappa shape index (κ1) is 18.1. The van der Waals surface area contributed by atoms with Gasteiger partial charge in [-0.15, -0.1) is 0 Å². The lowest BCUT2D eigenvalue weighted by atomic mass is 9.95. The molecule has 0 bridgehead atoms. The van der Waals surface area contributed by atoms with Crippen molar-refractivity contribution in [2.75, 3.05) is 11.9 Å². The quantitative estimate of drug-likeness (QED) is 0.695. The number of nitrogens with zero attached hydrogens (tertiary/aromatic N) is 2. The summed E-state index contributed by atoms with van der Waals surface area (Å²) in [7, 11) is 1.78. The molecule has 0 saturated carbocycles. The summed E-state index contributed by atoms with van der Waals surface area (Å²) in [6.45, 7) is 0.624. The smallest absolute Gasteiger partial charge is 0.228 e. The highest BCUT2D eigenvalue weighted by atomic mass is 16.5. The molecular formula is C22H21N3O3. The van der Waals surface area contributed by atoms with Crippen LogP contribution in [0.5, 0.6) is 0 Å². The van der Waals surface area contributed by atoms with Crippen molar-refractivity contribution in [3.05, 3.63) is 83.4 Å². The largest absolute Gasteiger partial charge is 0.373 e. The summed E-state index contributed by atoms with van der Waals surface area (Å²) in [5, 5.41) is 2.88. The van der Waals surface area contributed by atoms with Crippen LogP contribution in [0.25, 0.3) is 0 Å². The van der Waals surface area contributed by atoms with Crippen LogP contribution in [0.2, 0.25) is 0 Å². The van der Waals surface area contributed by atoms with E-state index in [1.54, 1.807) is 48.3 Å². The van der Waals surface area contributed by atoms with E-state index in [4.69, 9.17) is 4.74 Å². The molecule has 6 nitrogen and oxygen atoms in total. The number of ether oxygens (including phenoxy) is 1. The topological polar surface area (TPSA) is 73.2 Å². The molecule has 1 aliphatic rings. The Kier molecular flexibility index (Phi) is 5.04. The van der Waals surface area contributed by atoms with Crippen molar-refractivity contribution in [2.24, 2.45) is 7.05 Å². The van der Waals surface area contributed by atoms with Gasteiger partial charge in [-0.05, 0) is 41.8 Å². The zero-order valence-electron chi connectivity index (χ0n) is 15.6. The number of ketones is 1. The fourth-order valence-electron chi connectivity index (χ4n) is 3.44. The van der Waals surface area contributed by atoms with E-state index in [1.165, 1.54) is 5.56 Å². The van der Waals surface area contributed by atoms with E-state index < -0.39 is 0 Å². The Bertz CT molecular complexity index is 1010. The minimum atomic E-state index is -0.228. The van der Waals surface area contributed by atoms with Crippen LogP contribution in [0.15, 0.2) is 60.9 Å². The first-order valence-electron chi connectivity index (χ1n) is 9.23. The van der Waals surface area contributed by atoms with Crippen LogP contribution in [0, 0.1) is 0 Å². The average molecular weight is 375 g/mol. The molecule has 4 rings (SSSR count). The molecule has 0 spiro atoms. The lowest BCUT2D eigenvalue weighted by molar-refractivity contribution is -0.119. The molecule has 142 valence electrons. The zero-order valence-corrected chi connectivity index (χ0v) is 15.6. The molecule has 3 aromatic rings. The minimum Gasteiger partial charge on any atom is -0.373 e. The number of carbonyl (C=O) groups is 2. The van der Waals surface area contributed by atoms with Gasteiger partial charge in [0.2, 0.25) is 11.7 Å². The maximum Gasteiger partial charge on any atom is 0.228 e. The molecule has 1 N–H and O–H groups in total. The zero-order chi connectivity index (χ0) is 19.5. The lowest BCUT2D eigenvalue weighted by Crippen LogP contribution is -2.22. The highest BCUT2D eigenvalue weighted by Gasteiger charge is 2.23. The number of carbonyl (C=O) groups excluding carboxylic acids is 2. The molecule has 0 radical (unpaired) electrons. The summed E-state index contributed by atoms with van der Waals surface area (Å²) in [5.74, 6) is 0.104. The van der Waals surface area contributed by atoms with Gasteiger partial charge in [0, 0.05) is 30.7 Å². The van der Waals surface area contributed by atoms with E-state index in [-0.39, 0.29) is 24.2 Å². The van der Waals surface area contributed by atoms with Gasteiger partial charge in [0.25, 0.3) is 0 Å². The first-order valence-corrected chi connectivity index (χ1v) is 9.23. The second-order valence-corrected chi connectivity index (χ2v) is 6.83. The fourth-order valence-corrected chi connectivity index (χ4v) is 3.44. The number of amides is 1. The standard InChI is InChI=1S/C22H21N3O3/c1-25-12-11-23-22(25)21(27)16-6-8-17(9-7-16)24-20(26)14-19-18-5-3-2-4-15(18)10-13-28-19/h2-9,11-12,19H,10,13-14H2,1H3,(H,24,26)/t19-/m0/s1. The molecule has 0 saturated heterocycles. The first-order chi connectivity index (χ1) is 13.6. The van der Waals surface area contributed by atoms with E-state index in [2.05, 4.69) is 16.4 Å². The number of hydrogen-bond acceptors (Lipinski definition) is 4. The second kappa shape index (κ2) is 7.78. The van der Waals surface area contributed by atoms with Gasteiger partial charge in [0.05, 0.1) is 19.1 Å². The SMILES string of the molecule is Cn1ccnc1C(=O)c1ccc(NC(=O)C[C@@H]2OCCc3ccccc32)cc1. The van der Waals surface area contributed by atoms with Crippen LogP contribution >= 0.6 is 0 Å². The fraction of sp³-hybridized carbons (Fsp3) is 0.227. The van der Waals surface area contributed by atoms with E-state index in [0.717, 1.165) is 12.0 Å². The predicted molar refractivity (Wildman–Crippen MR) is 105 cm³/mol. The molecule has 0 unspecified atom stereocenters. The number of aromatic nitrogens is 2. The Morgan fingerprint density at radius 2 is 1.96 bits per heavy atom. The molecule has 1 atom stereocenters. The van der Waals surface area contributed by atoms with Gasteiger partial charge < -0.3 is 14.6 Å². The highest BCUT2D eigenvalue weighted by Crippen LogP contribution is 2.29. The van der Waals surface area contributed by atoms with Crippen molar-refractivity contribution in [3.63, 3.8) is 0 Å². The van der Waals surface area contributed by atoms with Crippen LogP contribution in [0.1, 0.15) is 39.8 Å². The summed E-state index contributed by atoms with van der Waals surface area (Å²) >= 11 is 0. The van der Waals surface area contributed by atoms with Crippen molar-refractivity contribution in [2.45, 2.75) is 18.9 Å². The number of rotatable bonds is 5. The molecule has 1 aromatic heterocycles. The Labute approximate surface area is 163 Å². The summed E-state index contributed by atoms with van der Waals surface area (Å²) in [6.07, 6.45) is 4.22. The summed E-state index contributed by atoms with van der Waals surface area (Å²) < 4.78 is 7.48. The van der Waals surface area contributed by atoms with Gasteiger partial charge in [-0.2, -0.15) is 0 Å². The summed E-state index contributed by atoms with van der Waals surface area (Å²) in [4.78, 5) is 29.0. The maximum absolute atomic E-state index is 12.5. The van der Waals surface area contributed by atoms with Gasteiger partial charge >= 0.3 is 0 Å². The number of hydrogen-bond donors (Lipinski definition) is 1. The molecule has 1 aliphatic heterocycles. The number of anilines is 1. The minimum absolute atomic E-state index is 0.120. The van der Waals surface area contributed by atoms with Gasteiger partial charge in [0.1, 0.15) is 0 Å². The molecule has 1 amide bonds. The lowest BCUT2D eigenvalue weighted by Gasteiger charge is -2.25. The van der Waals surface area contributed by atoms with E-state index in [0.29, 0.717) is 23.7 Å². The van der Waals surface area contributed by atoms with Crippen molar-refractivity contribution < 1.29 is 14.3 Å². The molecule has 6 heteroatoms. The number of benzene rings is 2. The third kappa shape index (κ3) is 3.73. The van der Waals surface area contributed by atoms with Crippen LogP contribution in [-0.4, -0.2) is 27.8 Å². The van der Waals surface area contributed by atoms with Crippen LogP contribution in [0.3, 0.4) is 0 Å². The van der Waals surface area contributed by atoms with Crippen LogP contribution in [0.4, 0.5) is 5.69 Å². The monoisotopic (exact) mass is 375 g/mol. The molecule has 28 heavy (non-hydrogen) atoms. The predicted octanol–water partition coefficient (Wildman–Crippen LogP) is 3.29. The van der Waals surface area contributed by atoms with Gasteiger partial charge in [-0.3, -0.25) is 9.59 Å². The van der Waals surface area contributed by atoms with E-state index in [1.807, 2.05) is 18.2 Å². The summed E-state index contributed by atoms with van der Waals surface area (Å²) in [6, 6.07) is 14.9. The molecule has 2 heterocycles. The average Bonchev–Trinajstić information content (AvgIpc) is 3.14. The van der Waals surface area contributed by atoms with Crippen LogP contribution < -0.4 is 5.32 Å². The molecule has 0 fully saturated rings. The number of aryl methyl sites for hydroxylation is 1. The van der Waals surface area contributed by atoms with E-state index >= 15 is 0 Å². The van der Waals surface area contributed by atoms with Gasteiger partial charge in [-0.25, -0.2) is 4.98 Å². The summed E-state index contributed by atoms with van der Waals surface area (Å²) in [5.41, 5.74) is 3.49. The number of fused-ring (bicyclic) bond motifs is 1. The maximum atomic E-state index is 12.5.